The van der Waals surface area contributed by atoms with E-state index in [4.69, 9.17) is 5.73 Å². The van der Waals surface area contributed by atoms with Crippen molar-refractivity contribution in [1.29, 1.82) is 0 Å². The number of hydrogen-bond acceptors (Lipinski definition) is 2. The third-order valence-electron chi connectivity index (χ3n) is 1.96. The van der Waals surface area contributed by atoms with Crippen molar-refractivity contribution in [3.63, 3.8) is 0 Å². The monoisotopic (exact) mass is 174 g/mol. The number of nitrogens with one attached hydrogen (secondary N) is 1. The first-order chi connectivity index (χ1) is 6.31. The van der Waals surface area contributed by atoms with E-state index in [-0.39, 0.29) is 0 Å². The molecule has 0 saturated heterocycles. The molecular weight excluding hydrogens is 164 g/mol. The van der Waals surface area contributed by atoms with Crippen molar-refractivity contribution in [2.24, 2.45) is 10.7 Å². The normalized spacial score (nSPS) is 12.2. The molecule has 0 atom stereocenters. The van der Waals surface area contributed by atoms with Gasteiger partial charge in [0, 0.05) is 12.6 Å². The Hall–Kier alpha value is -1.84. The molecular formula is C9H10N4. The van der Waals surface area contributed by atoms with E-state index in [0.717, 1.165) is 16.6 Å². The van der Waals surface area contributed by atoms with Crippen LogP contribution in [0.3, 0.4) is 0 Å². The van der Waals surface area contributed by atoms with Crippen LogP contribution >= 0.6 is 0 Å². The number of fused-ring (bicyclic) bond motifs is 1. The number of nitrogens with two attached hydrogens (primary N) is 1. The van der Waals surface area contributed by atoms with Gasteiger partial charge in [0.15, 0.2) is 0 Å². The fourth-order valence-electron chi connectivity index (χ4n) is 1.22. The summed E-state index contributed by atoms with van der Waals surface area (Å²) in [7, 11) is 1.67. The smallest absolute Gasteiger partial charge is 0.125 e. The molecule has 1 heterocycles. The third-order valence-corrected chi connectivity index (χ3v) is 1.96. The van der Waals surface area contributed by atoms with Gasteiger partial charge < -0.3 is 10.7 Å². The summed E-state index contributed by atoms with van der Waals surface area (Å²) >= 11 is 0. The Morgan fingerprint density at radius 2 is 2.38 bits per heavy atom. The van der Waals surface area contributed by atoms with E-state index in [0.29, 0.717) is 5.84 Å². The fraction of sp³-hybridized carbons (Fsp3) is 0.111. The van der Waals surface area contributed by atoms with Crippen molar-refractivity contribution in [3.8, 4) is 0 Å². The Bertz CT molecular complexity index is 455. The van der Waals surface area contributed by atoms with Gasteiger partial charge >= 0.3 is 0 Å². The summed E-state index contributed by atoms with van der Waals surface area (Å²) in [5, 5.41) is 0. The maximum absolute atomic E-state index is 5.67. The summed E-state index contributed by atoms with van der Waals surface area (Å²) in [6.07, 6.45) is 1.66. The van der Waals surface area contributed by atoms with Gasteiger partial charge in [-0.15, -0.1) is 0 Å². The summed E-state index contributed by atoms with van der Waals surface area (Å²) in [5.41, 5.74) is 8.50. The highest BCUT2D eigenvalue weighted by molar-refractivity contribution is 5.99. The van der Waals surface area contributed by atoms with Crippen molar-refractivity contribution in [2.45, 2.75) is 0 Å². The van der Waals surface area contributed by atoms with E-state index in [2.05, 4.69) is 15.0 Å². The van der Waals surface area contributed by atoms with Crippen molar-refractivity contribution in [2.75, 3.05) is 7.05 Å². The molecule has 0 spiro atoms. The molecule has 0 aliphatic heterocycles. The van der Waals surface area contributed by atoms with Crippen LogP contribution in [0.4, 0.5) is 0 Å². The van der Waals surface area contributed by atoms with E-state index in [1.165, 1.54) is 0 Å². The summed E-state index contributed by atoms with van der Waals surface area (Å²) in [5.74, 6) is 0.538. The van der Waals surface area contributed by atoms with Crippen molar-refractivity contribution in [3.05, 3.63) is 30.1 Å². The largest absolute Gasteiger partial charge is 0.384 e. The molecule has 4 nitrogen and oxygen atoms in total. The molecule has 2 rings (SSSR count). The van der Waals surface area contributed by atoms with Crippen molar-refractivity contribution >= 4 is 16.9 Å². The number of aromatic nitrogens is 2. The Labute approximate surface area is 75.5 Å². The minimum Gasteiger partial charge on any atom is -0.384 e. The van der Waals surface area contributed by atoms with Gasteiger partial charge in [0.2, 0.25) is 0 Å². The number of nitrogens with zero attached hydrogens (tertiary/aromatic N) is 2. The molecule has 13 heavy (non-hydrogen) atoms. The van der Waals surface area contributed by atoms with Gasteiger partial charge in [0.1, 0.15) is 5.84 Å². The molecule has 66 valence electrons. The highest BCUT2D eigenvalue weighted by atomic mass is 14.9. The first-order valence-electron chi connectivity index (χ1n) is 3.97. The van der Waals surface area contributed by atoms with Crippen LogP contribution in [0.2, 0.25) is 0 Å². The van der Waals surface area contributed by atoms with E-state index in [1.54, 1.807) is 13.4 Å². The average molecular weight is 174 g/mol. The molecule has 0 fully saturated rings. The van der Waals surface area contributed by atoms with Crippen LogP contribution in [-0.4, -0.2) is 22.9 Å². The number of hydrogen-bond donors (Lipinski definition) is 2. The molecule has 0 saturated carbocycles. The van der Waals surface area contributed by atoms with Gasteiger partial charge in [-0.3, -0.25) is 4.99 Å². The first-order valence-corrected chi connectivity index (χ1v) is 3.97. The van der Waals surface area contributed by atoms with Gasteiger partial charge in [-0.2, -0.15) is 0 Å². The van der Waals surface area contributed by atoms with E-state index >= 15 is 0 Å². The molecule has 0 aliphatic rings. The summed E-state index contributed by atoms with van der Waals surface area (Å²) in [6.45, 7) is 0. The molecule has 0 aliphatic carbocycles. The number of aliphatic imine (C=N–C) groups is 1. The zero-order valence-electron chi connectivity index (χ0n) is 7.28. The zero-order valence-corrected chi connectivity index (χ0v) is 7.28. The van der Waals surface area contributed by atoms with Gasteiger partial charge in [0.25, 0.3) is 0 Å². The highest BCUT2D eigenvalue weighted by Crippen LogP contribution is 2.10. The van der Waals surface area contributed by atoms with Gasteiger partial charge in [-0.05, 0) is 18.2 Å². The van der Waals surface area contributed by atoms with Gasteiger partial charge in [-0.25, -0.2) is 4.98 Å². The molecule has 0 unspecified atom stereocenters. The van der Waals surface area contributed by atoms with E-state index in [9.17, 15) is 0 Å². The van der Waals surface area contributed by atoms with Gasteiger partial charge in [0.05, 0.1) is 17.4 Å². The Kier molecular flexibility index (Phi) is 1.73. The molecule has 3 N–H and O–H groups in total. The summed E-state index contributed by atoms with van der Waals surface area (Å²) in [4.78, 5) is 11.0. The quantitative estimate of drug-likeness (QED) is 0.498. The Morgan fingerprint density at radius 1 is 1.54 bits per heavy atom. The highest BCUT2D eigenvalue weighted by Gasteiger charge is 2.00. The summed E-state index contributed by atoms with van der Waals surface area (Å²) in [6, 6.07) is 5.76. The second-order valence-electron chi connectivity index (χ2n) is 2.74. The minimum absolute atomic E-state index is 0.538. The Morgan fingerprint density at radius 3 is 3.15 bits per heavy atom. The number of rotatable bonds is 1. The number of H-pyrrole nitrogens is 1. The minimum atomic E-state index is 0.538. The van der Waals surface area contributed by atoms with Crippen molar-refractivity contribution in [1.82, 2.24) is 9.97 Å². The number of aromatic amines is 1. The zero-order chi connectivity index (χ0) is 9.26. The predicted octanol–water partition coefficient (Wildman–Crippen LogP) is 0.898. The molecule has 4 heteroatoms. The van der Waals surface area contributed by atoms with Crippen LogP contribution in [0.1, 0.15) is 5.56 Å². The van der Waals surface area contributed by atoms with Crippen LogP contribution < -0.4 is 5.73 Å². The molecule has 2 aromatic rings. The van der Waals surface area contributed by atoms with Crippen LogP contribution in [0.5, 0.6) is 0 Å². The number of benzene rings is 1. The first kappa shape index (κ1) is 7.79. The second-order valence-corrected chi connectivity index (χ2v) is 2.74. The van der Waals surface area contributed by atoms with E-state index in [1.807, 2.05) is 18.2 Å². The molecule has 1 aromatic heterocycles. The molecule has 0 bridgehead atoms. The lowest BCUT2D eigenvalue weighted by molar-refractivity contribution is 1.34. The van der Waals surface area contributed by atoms with Crippen LogP contribution in [-0.2, 0) is 0 Å². The second kappa shape index (κ2) is 2.90. The maximum atomic E-state index is 5.67. The average Bonchev–Trinajstić information content (AvgIpc) is 2.63. The number of amidine groups is 1. The Balaban J connectivity index is 2.60. The maximum Gasteiger partial charge on any atom is 0.125 e. The molecule has 0 radical (unpaired) electrons. The van der Waals surface area contributed by atoms with Crippen LogP contribution in [0.25, 0.3) is 11.0 Å². The number of imidazole rings is 1. The molecule has 0 amide bonds. The van der Waals surface area contributed by atoms with Crippen LogP contribution in [0.15, 0.2) is 29.5 Å². The third kappa shape index (κ3) is 1.26. The van der Waals surface area contributed by atoms with Crippen molar-refractivity contribution < 1.29 is 0 Å². The summed E-state index contributed by atoms with van der Waals surface area (Å²) < 4.78 is 0. The van der Waals surface area contributed by atoms with Crippen LogP contribution in [0, 0.1) is 0 Å². The fourth-order valence-corrected chi connectivity index (χ4v) is 1.22. The van der Waals surface area contributed by atoms with Gasteiger partial charge in [-0.1, -0.05) is 0 Å². The topological polar surface area (TPSA) is 67.1 Å². The lowest BCUT2D eigenvalue weighted by Crippen LogP contribution is -2.12. The molecule has 1 aromatic carbocycles. The lowest BCUT2D eigenvalue weighted by Gasteiger charge is -1.98. The lowest BCUT2D eigenvalue weighted by atomic mass is 10.2. The predicted molar refractivity (Wildman–Crippen MR) is 52.7 cm³/mol. The SMILES string of the molecule is CN=C(N)c1ccc2nc[nH]c2c1. The van der Waals surface area contributed by atoms with E-state index < -0.39 is 0 Å². The standard InChI is InChI=1S/C9H10N4/c1-11-9(10)6-2-3-7-8(4-6)13-5-12-7/h2-5H,1H3,(H2,10,11)(H,12,13).